The lowest BCUT2D eigenvalue weighted by atomic mass is 10.1. The number of rotatable bonds is 9. The van der Waals surface area contributed by atoms with Crippen LogP contribution < -0.4 is 16.0 Å². The Balaban J connectivity index is 2.66. The van der Waals surface area contributed by atoms with Crippen molar-refractivity contribution >= 4 is 27.4 Å². The first-order valence-electron chi connectivity index (χ1n) is 7.05. The highest BCUT2D eigenvalue weighted by atomic mass is 35.5. The van der Waals surface area contributed by atoms with Crippen molar-refractivity contribution in [3.05, 3.63) is 17.3 Å². The number of hydrogen-bond donors (Lipinski definition) is 3. The molecule has 0 saturated heterocycles. The Bertz CT molecular complexity index is 551. The van der Waals surface area contributed by atoms with Gasteiger partial charge in [0, 0.05) is 12.2 Å². The molecule has 4 N–H and O–H groups in total. The van der Waals surface area contributed by atoms with Gasteiger partial charge in [-0.25, -0.2) is 24.0 Å². The number of hydrogen-bond acceptors (Lipinski definition) is 5. The van der Waals surface area contributed by atoms with Crippen molar-refractivity contribution in [2.75, 3.05) is 5.43 Å². The van der Waals surface area contributed by atoms with Crippen molar-refractivity contribution in [2.45, 2.75) is 56.9 Å². The fourth-order valence-corrected chi connectivity index (χ4v) is 3.48. The van der Waals surface area contributed by atoms with Gasteiger partial charge in [-0.15, -0.1) is 0 Å². The van der Waals surface area contributed by atoms with E-state index in [9.17, 15) is 8.42 Å². The summed E-state index contributed by atoms with van der Waals surface area (Å²) in [5.74, 6) is 5.45. The molecule has 0 aliphatic heterocycles. The van der Waals surface area contributed by atoms with Crippen LogP contribution in [0.3, 0.4) is 0 Å². The summed E-state index contributed by atoms with van der Waals surface area (Å²) >= 11 is 5.89. The van der Waals surface area contributed by atoms with Gasteiger partial charge in [-0.05, 0) is 19.4 Å². The summed E-state index contributed by atoms with van der Waals surface area (Å²) in [7, 11) is -3.62. The van der Waals surface area contributed by atoms with Crippen molar-refractivity contribution < 1.29 is 8.42 Å². The SMILES string of the molecule is CCCCCCC(C)NS(=O)(=O)c1cnc(NN)c(Cl)c1. The highest BCUT2D eigenvalue weighted by Gasteiger charge is 2.19. The lowest BCUT2D eigenvalue weighted by molar-refractivity contribution is 0.521. The predicted molar refractivity (Wildman–Crippen MR) is 85.6 cm³/mol. The van der Waals surface area contributed by atoms with E-state index in [0.29, 0.717) is 0 Å². The van der Waals surface area contributed by atoms with E-state index in [-0.39, 0.29) is 21.8 Å². The Labute approximate surface area is 131 Å². The van der Waals surface area contributed by atoms with E-state index in [2.05, 4.69) is 22.1 Å². The number of hydrazine groups is 1. The maximum Gasteiger partial charge on any atom is 0.242 e. The monoisotopic (exact) mass is 334 g/mol. The molecule has 0 saturated carbocycles. The third-order valence-electron chi connectivity index (χ3n) is 3.11. The van der Waals surface area contributed by atoms with E-state index >= 15 is 0 Å². The van der Waals surface area contributed by atoms with Crippen molar-refractivity contribution in [3.8, 4) is 0 Å². The number of nitrogens with one attached hydrogen (secondary N) is 2. The summed E-state index contributed by atoms with van der Waals surface area (Å²) in [4.78, 5) is 3.90. The van der Waals surface area contributed by atoms with Gasteiger partial charge in [0.2, 0.25) is 10.0 Å². The number of aromatic nitrogens is 1. The van der Waals surface area contributed by atoms with Crippen LogP contribution in [-0.4, -0.2) is 19.4 Å². The summed E-state index contributed by atoms with van der Waals surface area (Å²) in [6.45, 7) is 4.00. The van der Waals surface area contributed by atoms with Crippen molar-refractivity contribution in [1.29, 1.82) is 0 Å². The molecule has 0 amide bonds. The fourth-order valence-electron chi connectivity index (χ4n) is 1.94. The molecule has 6 nitrogen and oxygen atoms in total. The normalized spacial score (nSPS) is 13.1. The van der Waals surface area contributed by atoms with E-state index in [0.717, 1.165) is 25.7 Å². The van der Waals surface area contributed by atoms with Crippen LogP contribution in [0.1, 0.15) is 46.0 Å². The molecule has 1 heterocycles. The number of halogens is 1. The minimum absolute atomic E-state index is 0.0342. The molecule has 1 rings (SSSR count). The van der Waals surface area contributed by atoms with E-state index in [1.165, 1.54) is 18.7 Å². The van der Waals surface area contributed by atoms with Gasteiger partial charge in [-0.1, -0.05) is 44.2 Å². The molecule has 1 unspecified atom stereocenters. The molecule has 0 aliphatic rings. The largest absolute Gasteiger partial charge is 0.307 e. The number of sulfonamides is 1. The van der Waals surface area contributed by atoms with Gasteiger partial charge in [0.1, 0.15) is 4.90 Å². The summed E-state index contributed by atoms with van der Waals surface area (Å²) in [6.07, 6.45) is 6.49. The molecule has 8 heteroatoms. The standard InChI is InChI=1S/C13H23ClN4O2S/c1-3-4-5-6-7-10(2)18-21(19,20)11-8-12(14)13(17-15)16-9-11/h8-10,18H,3-7,15H2,1-2H3,(H,16,17). The Morgan fingerprint density at radius 2 is 2.10 bits per heavy atom. The molecule has 1 aromatic heterocycles. The molecule has 1 aromatic rings. The van der Waals surface area contributed by atoms with Crippen LogP contribution in [0.15, 0.2) is 17.2 Å². The summed E-state index contributed by atoms with van der Waals surface area (Å²) in [6, 6.07) is 1.20. The predicted octanol–water partition coefficient (Wildman–Crippen LogP) is 2.66. The number of anilines is 1. The highest BCUT2D eigenvalue weighted by molar-refractivity contribution is 7.89. The first-order valence-corrected chi connectivity index (χ1v) is 8.91. The van der Waals surface area contributed by atoms with Crippen LogP contribution in [-0.2, 0) is 10.0 Å². The zero-order valence-corrected chi connectivity index (χ0v) is 14.0. The van der Waals surface area contributed by atoms with Gasteiger partial charge in [0.25, 0.3) is 0 Å². The van der Waals surface area contributed by atoms with E-state index in [1.807, 2.05) is 6.92 Å². The summed E-state index contributed by atoms with van der Waals surface area (Å²) in [5, 5.41) is 0.163. The van der Waals surface area contributed by atoms with E-state index < -0.39 is 10.0 Å². The van der Waals surface area contributed by atoms with Crippen LogP contribution in [0, 0.1) is 0 Å². The molecule has 120 valence electrons. The molecular formula is C13H23ClN4O2S. The lowest BCUT2D eigenvalue weighted by Crippen LogP contribution is -2.32. The molecule has 0 fully saturated rings. The maximum absolute atomic E-state index is 12.2. The van der Waals surface area contributed by atoms with Crippen molar-refractivity contribution in [1.82, 2.24) is 9.71 Å². The number of nitrogens with zero attached hydrogens (tertiary/aromatic N) is 1. The Morgan fingerprint density at radius 1 is 1.38 bits per heavy atom. The average Bonchev–Trinajstić information content (AvgIpc) is 2.43. The summed E-state index contributed by atoms with van der Waals surface area (Å²) in [5.41, 5.74) is 2.30. The van der Waals surface area contributed by atoms with Gasteiger partial charge < -0.3 is 5.43 Å². The van der Waals surface area contributed by atoms with Gasteiger partial charge in [-0.2, -0.15) is 0 Å². The lowest BCUT2D eigenvalue weighted by Gasteiger charge is -2.14. The zero-order valence-electron chi connectivity index (χ0n) is 12.4. The highest BCUT2D eigenvalue weighted by Crippen LogP contribution is 2.21. The van der Waals surface area contributed by atoms with Crippen molar-refractivity contribution in [3.63, 3.8) is 0 Å². The average molecular weight is 335 g/mol. The maximum atomic E-state index is 12.2. The van der Waals surface area contributed by atoms with Crippen LogP contribution in [0.25, 0.3) is 0 Å². The molecule has 0 bridgehead atoms. The van der Waals surface area contributed by atoms with Gasteiger partial charge in [0.15, 0.2) is 5.82 Å². The Kier molecular flexibility index (Phi) is 7.37. The molecule has 1 atom stereocenters. The third kappa shape index (κ3) is 5.78. The molecule has 0 spiro atoms. The number of unbranched alkanes of at least 4 members (excludes halogenated alkanes) is 3. The smallest absolute Gasteiger partial charge is 0.242 e. The van der Waals surface area contributed by atoms with Gasteiger partial charge in [0.05, 0.1) is 5.02 Å². The minimum atomic E-state index is -3.62. The van der Waals surface area contributed by atoms with Gasteiger partial charge >= 0.3 is 0 Å². The number of pyridine rings is 1. The second-order valence-electron chi connectivity index (χ2n) is 5.02. The third-order valence-corrected chi connectivity index (χ3v) is 4.95. The van der Waals surface area contributed by atoms with Crippen LogP contribution >= 0.6 is 11.6 Å². The quantitative estimate of drug-likeness (QED) is 0.366. The van der Waals surface area contributed by atoms with Crippen LogP contribution in [0.5, 0.6) is 0 Å². The minimum Gasteiger partial charge on any atom is -0.307 e. The number of nitrogens with two attached hydrogens (primary N) is 1. The first kappa shape index (κ1) is 18.2. The molecule has 0 radical (unpaired) electrons. The first-order chi connectivity index (χ1) is 9.90. The second-order valence-corrected chi connectivity index (χ2v) is 7.14. The van der Waals surface area contributed by atoms with Crippen LogP contribution in [0.2, 0.25) is 5.02 Å². The molecular weight excluding hydrogens is 312 g/mol. The second kappa shape index (κ2) is 8.53. The van der Waals surface area contributed by atoms with E-state index in [1.54, 1.807) is 0 Å². The van der Waals surface area contributed by atoms with Crippen LogP contribution in [0.4, 0.5) is 5.82 Å². The number of nitrogen functional groups attached to an aromatic ring is 1. The Hall–Kier alpha value is -0.890. The zero-order chi connectivity index (χ0) is 15.9. The topological polar surface area (TPSA) is 97.1 Å². The summed E-state index contributed by atoms with van der Waals surface area (Å²) < 4.78 is 27.1. The van der Waals surface area contributed by atoms with E-state index in [4.69, 9.17) is 17.4 Å². The molecule has 0 aliphatic carbocycles. The fraction of sp³-hybridized carbons (Fsp3) is 0.615. The van der Waals surface area contributed by atoms with Crippen molar-refractivity contribution in [2.24, 2.45) is 5.84 Å². The molecule has 0 aromatic carbocycles. The molecule has 21 heavy (non-hydrogen) atoms. The van der Waals surface area contributed by atoms with Gasteiger partial charge in [-0.3, -0.25) is 0 Å². The Morgan fingerprint density at radius 3 is 2.67 bits per heavy atom.